The van der Waals surface area contributed by atoms with E-state index in [2.05, 4.69) is 31.3 Å². The summed E-state index contributed by atoms with van der Waals surface area (Å²) in [4.78, 5) is 15.6. The summed E-state index contributed by atoms with van der Waals surface area (Å²) in [6.07, 6.45) is 1.43. The normalized spacial score (nSPS) is 12.1. The van der Waals surface area contributed by atoms with Crippen LogP contribution in [0.15, 0.2) is 35.1 Å². The molecule has 1 aromatic carbocycles. The SMILES string of the molecule is CC(NC(=O)Cn1cnc(N)n1)c1cccc(Br)c1. The molecule has 0 fully saturated rings. The lowest BCUT2D eigenvalue weighted by molar-refractivity contribution is -0.122. The Kier molecular flexibility index (Phi) is 4.16. The molecule has 1 heterocycles. The fourth-order valence-electron chi connectivity index (χ4n) is 1.68. The van der Waals surface area contributed by atoms with E-state index in [0.29, 0.717) is 0 Å². The molecule has 0 spiro atoms. The van der Waals surface area contributed by atoms with Crippen LogP contribution in [-0.2, 0) is 11.3 Å². The van der Waals surface area contributed by atoms with E-state index in [-0.39, 0.29) is 24.4 Å². The molecule has 2 aromatic rings. The number of nitrogens with one attached hydrogen (secondary N) is 1. The number of nitrogen functional groups attached to an aromatic ring is 1. The predicted molar refractivity (Wildman–Crippen MR) is 75.1 cm³/mol. The van der Waals surface area contributed by atoms with Gasteiger partial charge in [0.1, 0.15) is 12.9 Å². The third kappa shape index (κ3) is 3.78. The van der Waals surface area contributed by atoms with Gasteiger partial charge in [-0.25, -0.2) is 9.67 Å². The standard InChI is InChI=1S/C12H14BrN5O/c1-8(9-3-2-4-10(13)5-9)16-11(19)6-18-7-15-12(14)17-18/h2-5,7-8H,6H2,1H3,(H2,14,17)(H,16,19). The summed E-state index contributed by atoms with van der Waals surface area (Å²) in [6, 6.07) is 7.73. The zero-order chi connectivity index (χ0) is 13.8. The number of carbonyl (C=O) groups is 1. The Morgan fingerprint density at radius 2 is 2.37 bits per heavy atom. The second-order valence-electron chi connectivity index (χ2n) is 4.14. The minimum atomic E-state index is -0.141. The van der Waals surface area contributed by atoms with Gasteiger partial charge in [-0.1, -0.05) is 28.1 Å². The minimum absolute atomic E-state index is 0.0779. The maximum Gasteiger partial charge on any atom is 0.242 e. The molecule has 6 nitrogen and oxygen atoms in total. The molecule has 0 aliphatic rings. The highest BCUT2D eigenvalue weighted by molar-refractivity contribution is 9.10. The highest BCUT2D eigenvalue weighted by Gasteiger charge is 2.10. The zero-order valence-electron chi connectivity index (χ0n) is 10.4. The average molecular weight is 324 g/mol. The van der Waals surface area contributed by atoms with Gasteiger partial charge in [-0.15, -0.1) is 5.10 Å². The minimum Gasteiger partial charge on any atom is -0.367 e. The van der Waals surface area contributed by atoms with Gasteiger partial charge in [0.2, 0.25) is 11.9 Å². The van der Waals surface area contributed by atoms with Crippen molar-refractivity contribution in [3.05, 3.63) is 40.6 Å². The average Bonchev–Trinajstić information content (AvgIpc) is 2.74. The summed E-state index contributed by atoms with van der Waals surface area (Å²) in [5.74, 6) is 0.0187. The molecule has 0 bridgehead atoms. The predicted octanol–water partition coefficient (Wildman–Crippen LogP) is 1.50. The maximum absolute atomic E-state index is 11.8. The summed E-state index contributed by atoms with van der Waals surface area (Å²) in [6.45, 7) is 2.03. The lowest BCUT2D eigenvalue weighted by Gasteiger charge is -2.14. The zero-order valence-corrected chi connectivity index (χ0v) is 12.0. The number of anilines is 1. The Morgan fingerprint density at radius 1 is 1.58 bits per heavy atom. The molecule has 1 unspecified atom stereocenters. The van der Waals surface area contributed by atoms with Crippen LogP contribution in [-0.4, -0.2) is 20.7 Å². The first-order valence-corrected chi connectivity index (χ1v) is 6.53. The first kappa shape index (κ1) is 13.5. The van der Waals surface area contributed by atoms with Gasteiger partial charge in [0.15, 0.2) is 0 Å². The third-order valence-electron chi connectivity index (χ3n) is 2.59. The molecule has 100 valence electrons. The van der Waals surface area contributed by atoms with Crippen LogP contribution in [0.2, 0.25) is 0 Å². The first-order chi connectivity index (χ1) is 9.04. The Balaban J connectivity index is 1.95. The Labute approximate surface area is 119 Å². The van der Waals surface area contributed by atoms with Crippen LogP contribution in [0, 0.1) is 0 Å². The number of carbonyl (C=O) groups excluding carboxylic acids is 1. The van der Waals surface area contributed by atoms with Crippen LogP contribution in [0.25, 0.3) is 0 Å². The molecule has 3 N–H and O–H groups in total. The molecular formula is C12H14BrN5O. The van der Waals surface area contributed by atoms with Crippen molar-refractivity contribution in [1.82, 2.24) is 20.1 Å². The smallest absolute Gasteiger partial charge is 0.242 e. The van der Waals surface area contributed by atoms with Gasteiger partial charge in [-0.3, -0.25) is 4.79 Å². The summed E-state index contributed by atoms with van der Waals surface area (Å²) in [5.41, 5.74) is 6.41. The molecule has 0 radical (unpaired) electrons. The van der Waals surface area contributed by atoms with Gasteiger partial charge < -0.3 is 11.1 Å². The van der Waals surface area contributed by atoms with Gasteiger partial charge in [0.05, 0.1) is 6.04 Å². The van der Waals surface area contributed by atoms with Crippen molar-refractivity contribution in [2.45, 2.75) is 19.5 Å². The van der Waals surface area contributed by atoms with Crippen molar-refractivity contribution in [2.24, 2.45) is 0 Å². The van der Waals surface area contributed by atoms with Crippen LogP contribution in [0.5, 0.6) is 0 Å². The number of halogens is 1. The third-order valence-corrected chi connectivity index (χ3v) is 3.08. The molecule has 0 aliphatic heterocycles. The van der Waals surface area contributed by atoms with E-state index >= 15 is 0 Å². The summed E-state index contributed by atoms with van der Waals surface area (Å²) in [7, 11) is 0. The molecule has 0 saturated heterocycles. The first-order valence-electron chi connectivity index (χ1n) is 5.74. The molecule has 1 aromatic heterocycles. The second-order valence-corrected chi connectivity index (χ2v) is 5.06. The van der Waals surface area contributed by atoms with Crippen molar-refractivity contribution in [3.63, 3.8) is 0 Å². The van der Waals surface area contributed by atoms with Crippen LogP contribution < -0.4 is 11.1 Å². The number of amides is 1. The quantitative estimate of drug-likeness (QED) is 0.892. The van der Waals surface area contributed by atoms with Crippen molar-refractivity contribution in [2.75, 3.05) is 5.73 Å². The van der Waals surface area contributed by atoms with Gasteiger partial charge >= 0.3 is 0 Å². The Hall–Kier alpha value is -1.89. The van der Waals surface area contributed by atoms with E-state index in [0.717, 1.165) is 10.0 Å². The van der Waals surface area contributed by atoms with Crippen LogP contribution in [0.3, 0.4) is 0 Å². The lowest BCUT2D eigenvalue weighted by Crippen LogP contribution is -2.30. The molecule has 1 atom stereocenters. The van der Waals surface area contributed by atoms with E-state index in [9.17, 15) is 4.79 Å². The maximum atomic E-state index is 11.8. The van der Waals surface area contributed by atoms with Gasteiger partial charge in [0.25, 0.3) is 0 Å². The van der Waals surface area contributed by atoms with Crippen LogP contribution in [0.4, 0.5) is 5.95 Å². The summed E-state index contributed by atoms with van der Waals surface area (Å²) in [5, 5.41) is 6.75. The molecule has 7 heteroatoms. The Bertz CT molecular complexity index is 583. The highest BCUT2D eigenvalue weighted by Crippen LogP contribution is 2.17. The number of hydrogen-bond donors (Lipinski definition) is 2. The number of aromatic nitrogens is 3. The molecular weight excluding hydrogens is 310 g/mol. The molecule has 1 amide bonds. The Morgan fingerprint density at radius 3 is 3.00 bits per heavy atom. The van der Waals surface area contributed by atoms with Gasteiger partial charge in [-0.05, 0) is 24.6 Å². The number of benzene rings is 1. The van der Waals surface area contributed by atoms with E-state index < -0.39 is 0 Å². The largest absolute Gasteiger partial charge is 0.367 e. The number of rotatable bonds is 4. The topological polar surface area (TPSA) is 85.8 Å². The molecule has 2 rings (SSSR count). The fourth-order valence-corrected chi connectivity index (χ4v) is 2.10. The van der Waals surface area contributed by atoms with E-state index in [1.54, 1.807) is 0 Å². The van der Waals surface area contributed by atoms with E-state index in [4.69, 9.17) is 5.73 Å². The molecule has 0 aliphatic carbocycles. The summed E-state index contributed by atoms with van der Waals surface area (Å²) < 4.78 is 2.38. The van der Waals surface area contributed by atoms with Crippen molar-refractivity contribution in [3.8, 4) is 0 Å². The number of nitrogens with two attached hydrogens (primary N) is 1. The van der Waals surface area contributed by atoms with Gasteiger partial charge in [0, 0.05) is 4.47 Å². The highest BCUT2D eigenvalue weighted by atomic mass is 79.9. The number of nitrogens with zero attached hydrogens (tertiary/aromatic N) is 3. The van der Waals surface area contributed by atoms with Crippen molar-refractivity contribution >= 4 is 27.8 Å². The van der Waals surface area contributed by atoms with Crippen molar-refractivity contribution in [1.29, 1.82) is 0 Å². The second kappa shape index (κ2) is 5.83. The molecule has 19 heavy (non-hydrogen) atoms. The lowest BCUT2D eigenvalue weighted by atomic mass is 10.1. The monoisotopic (exact) mass is 323 g/mol. The van der Waals surface area contributed by atoms with E-state index in [1.807, 2.05) is 31.2 Å². The van der Waals surface area contributed by atoms with Crippen LogP contribution in [0.1, 0.15) is 18.5 Å². The molecule has 0 saturated carbocycles. The van der Waals surface area contributed by atoms with Crippen LogP contribution >= 0.6 is 15.9 Å². The fraction of sp³-hybridized carbons (Fsp3) is 0.250. The van der Waals surface area contributed by atoms with Gasteiger partial charge in [-0.2, -0.15) is 0 Å². The van der Waals surface area contributed by atoms with Crippen molar-refractivity contribution < 1.29 is 4.79 Å². The van der Waals surface area contributed by atoms with E-state index in [1.165, 1.54) is 11.0 Å². The summed E-state index contributed by atoms with van der Waals surface area (Å²) >= 11 is 3.40. The number of hydrogen-bond acceptors (Lipinski definition) is 4.